The summed E-state index contributed by atoms with van der Waals surface area (Å²) in [5.41, 5.74) is 1.45. The van der Waals surface area contributed by atoms with Gasteiger partial charge in [-0.25, -0.2) is 4.98 Å². The maximum atomic E-state index is 5.80. The highest BCUT2D eigenvalue weighted by Crippen LogP contribution is 2.31. The molecule has 1 aliphatic rings. The van der Waals surface area contributed by atoms with Crippen molar-refractivity contribution >= 4 is 17.4 Å². The summed E-state index contributed by atoms with van der Waals surface area (Å²) in [5, 5.41) is 0. The van der Waals surface area contributed by atoms with E-state index in [9.17, 15) is 0 Å². The Morgan fingerprint density at radius 1 is 1.31 bits per heavy atom. The molecule has 0 unspecified atom stereocenters. The lowest BCUT2D eigenvalue weighted by Gasteiger charge is -2.37. The second-order valence-corrected chi connectivity index (χ2v) is 5.54. The standard InChI is InChI=1S/C13H19ClN2/c1-13(2)6-8-16(9-7-13)12-5-3-4-11(10-14)15-12/h3-5H,6-10H2,1-2H3. The lowest BCUT2D eigenvalue weighted by atomic mass is 9.83. The smallest absolute Gasteiger partial charge is 0.128 e. The predicted octanol–water partition coefficient (Wildman–Crippen LogP) is 3.45. The van der Waals surface area contributed by atoms with Gasteiger partial charge in [0.2, 0.25) is 0 Å². The van der Waals surface area contributed by atoms with Crippen LogP contribution in [0.3, 0.4) is 0 Å². The lowest BCUT2D eigenvalue weighted by molar-refractivity contribution is 0.279. The van der Waals surface area contributed by atoms with E-state index in [-0.39, 0.29) is 0 Å². The van der Waals surface area contributed by atoms with Gasteiger partial charge in [0.05, 0.1) is 11.6 Å². The van der Waals surface area contributed by atoms with E-state index in [1.54, 1.807) is 0 Å². The summed E-state index contributed by atoms with van der Waals surface area (Å²) < 4.78 is 0. The molecule has 1 aromatic heterocycles. The molecule has 1 aromatic rings. The molecule has 0 saturated carbocycles. The molecule has 0 radical (unpaired) electrons. The van der Waals surface area contributed by atoms with Gasteiger partial charge in [-0.2, -0.15) is 0 Å². The van der Waals surface area contributed by atoms with Gasteiger partial charge < -0.3 is 4.90 Å². The minimum absolute atomic E-state index is 0.487. The zero-order chi connectivity index (χ0) is 11.6. The second-order valence-electron chi connectivity index (χ2n) is 5.27. The van der Waals surface area contributed by atoms with Crippen molar-refractivity contribution in [3.63, 3.8) is 0 Å². The molecular formula is C13H19ClN2. The summed E-state index contributed by atoms with van der Waals surface area (Å²) in [6.45, 7) is 6.89. The Kier molecular flexibility index (Phi) is 3.38. The molecule has 3 heteroatoms. The fourth-order valence-electron chi connectivity index (χ4n) is 2.06. The van der Waals surface area contributed by atoms with E-state index in [0.717, 1.165) is 24.6 Å². The third kappa shape index (κ3) is 2.67. The van der Waals surface area contributed by atoms with Crippen molar-refractivity contribution in [1.82, 2.24) is 4.98 Å². The SMILES string of the molecule is CC1(C)CCN(c2cccc(CCl)n2)CC1. The zero-order valence-electron chi connectivity index (χ0n) is 10.0. The number of alkyl halides is 1. The summed E-state index contributed by atoms with van der Waals surface area (Å²) in [4.78, 5) is 6.92. The van der Waals surface area contributed by atoms with E-state index in [1.165, 1.54) is 12.8 Å². The van der Waals surface area contributed by atoms with Crippen molar-refractivity contribution in [2.75, 3.05) is 18.0 Å². The van der Waals surface area contributed by atoms with Crippen LogP contribution < -0.4 is 4.90 Å². The Morgan fingerprint density at radius 3 is 2.62 bits per heavy atom. The number of nitrogens with zero attached hydrogens (tertiary/aromatic N) is 2. The Balaban J connectivity index is 2.08. The Hall–Kier alpha value is -0.760. The Morgan fingerprint density at radius 2 is 2.00 bits per heavy atom. The normalized spacial score (nSPS) is 19.8. The molecule has 2 nitrogen and oxygen atoms in total. The van der Waals surface area contributed by atoms with E-state index < -0.39 is 0 Å². The van der Waals surface area contributed by atoms with Gasteiger partial charge in [-0.1, -0.05) is 19.9 Å². The van der Waals surface area contributed by atoms with Gasteiger partial charge in [0.25, 0.3) is 0 Å². The van der Waals surface area contributed by atoms with Crippen molar-refractivity contribution < 1.29 is 0 Å². The van der Waals surface area contributed by atoms with Crippen LogP contribution in [0.2, 0.25) is 0 Å². The lowest BCUT2D eigenvalue weighted by Crippen LogP contribution is -2.37. The molecule has 1 fully saturated rings. The highest BCUT2D eigenvalue weighted by Gasteiger charge is 2.25. The average Bonchev–Trinajstić information content (AvgIpc) is 2.29. The third-order valence-electron chi connectivity index (χ3n) is 3.37. The third-order valence-corrected chi connectivity index (χ3v) is 3.64. The molecule has 0 bridgehead atoms. The fourth-order valence-corrected chi connectivity index (χ4v) is 2.21. The van der Waals surface area contributed by atoms with E-state index in [4.69, 9.17) is 11.6 Å². The zero-order valence-corrected chi connectivity index (χ0v) is 10.8. The molecule has 2 heterocycles. The summed E-state index contributed by atoms with van der Waals surface area (Å²) in [7, 11) is 0. The summed E-state index contributed by atoms with van der Waals surface area (Å²) in [6.07, 6.45) is 2.47. The van der Waals surface area contributed by atoms with E-state index in [2.05, 4.69) is 29.8 Å². The molecule has 88 valence electrons. The topological polar surface area (TPSA) is 16.1 Å². The molecule has 1 saturated heterocycles. The first-order chi connectivity index (χ1) is 7.61. The molecule has 2 rings (SSSR count). The first-order valence-electron chi connectivity index (χ1n) is 5.88. The maximum absolute atomic E-state index is 5.80. The van der Waals surface area contributed by atoms with Gasteiger partial charge in [-0.05, 0) is 30.4 Å². The molecule has 0 amide bonds. The van der Waals surface area contributed by atoms with Gasteiger partial charge in [-0.3, -0.25) is 0 Å². The van der Waals surface area contributed by atoms with Gasteiger partial charge in [0.15, 0.2) is 0 Å². The fraction of sp³-hybridized carbons (Fsp3) is 0.615. The molecule has 1 aliphatic heterocycles. The highest BCUT2D eigenvalue weighted by molar-refractivity contribution is 6.16. The molecule has 0 spiro atoms. The quantitative estimate of drug-likeness (QED) is 0.734. The predicted molar refractivity (Wildman–Crippen MR) is 69.0 cm³/mol. The minimum atomic E-state index is 0.487. The monoisotopic (exact) mass is 238 g/mol. The number of hydrogen-bond donors (Lipinski definition) is 0. The summed E-state index contributed by atoms with van der Waals surface area (Å²) >= 11 is 5.80. The van der Waals surface area contributed by atoms with Gasteiger partial charge in [-0.15, -0.1) is 11.6 Å². The summed E-state index contributed by atoms with van der Waals surface area (Å²) in [6, 6.07) is 6.10. The van der Waals surface area contributed by atoms with Crippen LogP contribution in [0.4, 0.5) is 5.82 Å². The molecule has 0 atom stereocenters. The van der Waals surface area contributed by atoms with Crippen LogP contribution in [-0.2, 0) is 5.88 Å². The van der Waals surface area contributed by atoms with Gasteiger partial charge >= 0.3 is 0 Å². The van der Waals surface area contributed by atoms with Crippen molar-refractivity contribution in [1.29, 1.82) is 0 Å². The van der Waals surface area contributed by atoms with Gasteiger partial charge in [0.1, 0.15) is 5.82 Å². The number of aromatic nitrogens is 1. The number of pyridine rings is 1. The van der Waals surface area contributed by atoms with Crippen LogP contribution in [0.15, 0.2) is 18.2 Å². The van der Waals surface area contributed by atoms with Crippen molar-refractivity contribution in [2.45, 2.75) is 32.6 Å². The number of halogens is 1. The molecule has 0 aliphatic carbocycles. The second kappa shape index (κ2) is 4.62. The van der Waals surface area contributed by atoms with E-state index >= 15 is 0 Å². The van der Waals surface area contributed by atoms with Crippen LogP contribution in [0, 0.1) is 5.41 Å². The molecule has 16 heavy (non-hydrogen) atoms. The van der Waals surface area contributed by atoms with E-state index in [0.29, 0.717) is 11.3 Å². The number of anilines is 1. The number of hydrogen-bond acceptors (Lipinski definition) is 2. The first-order valence-corrected chi connectivity index (χ1v) is 6.41. The highest BCUT2D eigenvalue weighted by atomic mass is 35.5. The van der Waals surface area contributed by atoms with Crippen LogP contribution in [-0.4, -0.2) is 18.1 Å². The molecule has 0 N–H and O–H groups in total. The Labute approximate surface area is 103 Å². The van der Waals surface area contributed by atoms with Crippen LogP contribution in [0.25, 0.3) is 0 Å². The van der Waals surface area contributed by atoms with E-state index in [1.807, 2.05) is 12.1 Å². The van der Waals surface area contributed by atoms with Crippen LogP contribution >= 0.6 is 11.6 Å². The average molecular weight is 239 g/mol. The maximum Gasteiger partial charge on any atom is 0.128 e. The summed E-state index contributed by atoms with van der Waals surface area (Å²) in [5.74, 6) is 1.57. The number of piperidine rings is 1. The van der Waals surface area contributed by atoms with Crippen LogP contribution in [0.5, 0.6) is 0 Å². The minimum Gasteiger partial charge on any atom is -0.357 e. The van der Waals surface area contributed by atoms with Crippen LogP contribution in [0.1, 0.15) is 32.4 Å². The number of rotatable bonds is 2. The largest absolute Gasteiger partial charge is 0.357 e. The molecular weight excluding hydrogens is 220 g/mol. The Bertz CT molecular complexity index is 353. The van der Waals surface area contributed by atoms with Gasteiger partial charge in [0, 0.05) is 13.1 Å². The van der Waals surface area contributed by atoms with Crippen molar-refractivity contribution in [3.8, 4) is 0 Å². The first kappa shape index (κ1) is 11.7. The molecule has 0 aromatic carbocycles. The van der Waals surface area contributed by atoms with Crippen molar-refractivity contribution in [3.05, 3.63) is 23.9 Å². The van der Waals surface area contributed by atoms with Crippen molar-refractivity contribution in [2.24, 2.45) is 5.41 Å².